The SMILES string of the molecule is FC(F)c1cccc(/C=C/[B-](F)(F)F)c1. The van der Waals surface area contributed by atoms with Gasteiger partial charge in [0, 0.05) is 5.56 Å². The smallest absolute Gasteiger partial charge is 0.445 e. The molecule has 0 amide bonds. The Balaban J connectivity index is 2.87. The van der Waals surface area contributed by atoms with Crippen molar-refractivity contribution in [1.29, 1.82) is 0 Å². The highest BCUT2D eigenvalue weighted by Gasteiger charge is 2.17. The monoisotopic (exact) mass is 221 g/mol. The van der Waals surface area contributed by atoms with Crippen molar-refractivity contribution in [3.8, 4) is 0 Å². The predicted molar refractivity (Wildman–Crippen MR) is 49.5 cm³/mol. The Labute approximate surface area is 83.5 Å². The zero-order valence-electron chi connectivity index (χ0n) is 7.51. The maximum atomic E-state index is 12.2. The zero-order valence-corrected chi connectivity index (χ0v) is 7.51. The molecule has 0 saturated heterocycles. The normalized spacial score (nSPS) is 12.7. The molecule has 0 aliphatic rings. The maximum absolute atomic E-state index is 12.2. The first kappa shape index (κ1) is 11.7. The molecule has 82 valence electrons. The quantitative estimate of drug-likeness (QED) is 0.533. The summed E-state index contributed by atoms with van der Waals surface area (Å²) in [5.74, 6) is 0.0740. The minimum absolute atomic E-state index is 0.0740. The lowest BCUT2D eigenvalue weighted by molar-refractivity contribution is 0.151. The Bertz CT molecular complexity index is 356. The molecule has 0 saturated carbocycles. The number of hydrogen-bond acceptors (Lipinski definition) is 0. The van der Waals surface area contributed by atoms with Crippen LogP contribution in [0.25, 0.3) is 6.08 Å². The lowest BCUT2D eigenvalue weighted by Crippen LogP contribution is -2.09. The van der Waals surface area contributed by atoms with Crippen LogP contribution in [0.3, 0.4) is 0 Å². The van der Waals surface area contributed by atoms with Gasteiger partial charge >= 0.3 is 6.98 Å². The highest BCUT2D eigenvalue weighted by molar-refractivity contribution is 6.64. The summed E-state index contributed by atoms with van der Waals surface area (Å²) in [5.41, 5.74) is -0.168. The van der Waals surface area contributed by atoms with E-state index in [1.165, 1.54) is 18.2 Å². The standard InChI is InChI=1S/C9H7BF5/c11-9(12)8-3-1-2-7(6-8)4-5-10(13,14)15/h1-6,9H/q-1/b5-4+. The van der Waals surface area contributed by atoms with Crippen LogP contribution in [0, 0.1) is 0 Å². The van der Waals surface area contributed by atoms with Crippen molar-refractivity contribution in [3.05, 3.63) is 41.4 Å². The van der Waals surface area contributed by atoms with E-state index in [4.69, 9.17) is 0 Å². The Morgan fingerprint density at radius 3 is 2.33 bits per heavy atom. The first-order chi connectivity index (χ1) is 6.88. The molecule has 15 heavy (non-hydrogen) atoms. The molecule has 0 nitrogen and oxygen atoms in total. The third-order valence-corrected chi connectivity index (χ3v) is 1.67. The third-order valence-electron chi connectivity index (χ3n) is 1.67. The molecule has 1 aromatic carbocycles. The first-order valence-corrected chi connectivity index (χ1v) is 4.16. The van der Waals surface area contributed by atoms with Crippen LogP contribution in [0.1, 0.15) is 17.6 Å². The summed E-state index contributed by atoms with van der Waals surface area (Å²) in [6.07, 6.45) is -1.89. The fraction of sp³-hybridized carbons (Fsp3) is 0.111. The van der Waals surface area contributed by atoms with E-state index in [0.29, 0.717) is 0 Å². The minimum Gasteiger partial charge on any atom is -0.445 e. The fourth-order valence-corrected chi connectivity index (χ4v) is 1.02. The molecule has 0 radical (unpaired) electrons. The number of halogens is 5. The predicted octanol–water partition coefficient (Wildman–Crippen LogP) is 4.02. The molecule has 0 spiro atoms. The third kappa shape index (κ3) is 4.14. The molecule has 0 N–H and O–H groups in total. The average Bonchev–Trinajstić information content (AvgIpc) is 2.14. The van der Waals surface area contributed by atoms with Gasteiger partial charge in [0.2, 0.25) is 0 Å². The Kier molecular flexibility index (Phi) is 3.50. The molecule has 0 aliphatic heterocycles. The summed E-state index contributed by atoms with van der Waals surface area (Å²) >= 11 is 0. The van der Waals surface area contributed by atoms with Crippen LogP contribution < -0.4 is 0 Å². The molecule has 0 unspecified atom stereocenters. The van der Waals surface area contributed by atoms with Gasteiger partial charge in [-0.05, 0) is 11.6 Å². The second-order valence-corrected chi connectivity index (χ2v) is 2.96. The second-order valence-electron chi connectivity index (χ2n) is 2.96. The van der Waals surface area contributed by atoms with Crippen LogP contribution in [0.15, 0.2) is 30.2 Å². The van der Waals surface area contributed by atoms with Crippen LogP contribution in [0.5, 0.6) is 0 Å². The lowest BCUT2D eigenvalue weighted by atomic mass is 9.90. The lowest BCUT2D eigenvalue weighted by Gasteiger charge is -2.06. The van der Waals surface area contributed by atoms with Crippen molar-refractivity contribution in [2.75, 3.05) is 0 Å². The summed E-state index contributed by atoms with van der Waals surface area (Å²) in [6.45, 7) is -5.03. The Morgan fingerprint density at radius 2 is 1.80 bits per heavy atom. The van der Waals surface area contributed by atoms with Crippen molar-refractivity contribution in [1.82, 2.24) is 0 Å². The van der Waals surface area contributed by atoms with Crippen LogP contribution in [0.4, 0.5) is 21.7 Å². The largest absolute Gasteiger partial charge is 0.502 e. The van der Waals surface area contributed by atoms with Crippen molar-refractivity contribution in [2.45, 2.75) is 6.43 Å². The summed E-state index contributed by atoms with van der Waals surface area (Å²) in [5, 5.41) is 0. The molecular weight excluding hydrogens is 214 g/mol. The molecule has 1 aromatic rings. The van der Waals surface area contributed by atoms with Crippen molar-refractivity contribution >= 4 is 13.1 Å². The van der Waals surface area contributed by atoms with Crippen LogP contribution in [0.2, 0.25) is 0 Å². The van der Waals surface area contributed by atoms with Crippen LogP contribution in [-0.2, 0) is 0 Å². The highest BCUT2D eigenvalue weighted by Crippen LogP contribution is 2.20. The number of benzene rings is 1. The van der Waals surface area contributed by atoms with Gasteiger partial charge in [-0.25, -0.2) is 8.78 Å². The minimum atomic E-state index is -5.03. The summed E-state index contributed by atoms with van der Waals surface area (Å²) in [7, 11) is 0. The van der Waals surface area contributed by atoms with Gasteiger partial charge in [0.05, 0.1) is 0 Å². The van der Waals surface area contributed by atoms with E-state index in [9.17, 15) is 21.7 Å². The van der Waals surface area contributed by atoms with E-state index in [1.54, 1.807) is 0 Å². The van der Waals surface area contributed by atoms with E-state index in [0.717, 1.165) is 12.1 Å². The van der Waals surface area contributed by atoms with Crippen molar-refractivity contribution in [2.24, 2.45) is 0 Å². The molecule has 0 aromatic heterocycles. The molecule has 1 rings (SSSR count). The van der Waals surface area contributed by atoms with Gasteiger partial charge in [0.25, 0.3) is 6.43 Å². The van der Waals surface area contributed by atoms with E-state index >= 15 is 0 Å². The second kappa shape index (κ2) is 4.46. The molecule has 6 heteroatoms. The molecule has 0 atom stereocenters. The van der Waals surface area contributed by atoms with Gasteiger partial charge in [-0.15, -0.1) is 5.98 Å². The molecular formula is C9H7BF5-. The molecule has 0 heterocycles. The van der Waals surface area contributed by atoms with Gasteiger partial charge in [-0.2, -0.15) is 0 Å². The van der Waals surface area contributed by atoms with Gasteiger partial charge in [0.1, 0.15) is 0 Å². The number of alkyl halides is 2. The van der Waals surface area contributed by atoms with Crippen LogP contribution in [-0.4, -0.2) is 6.98 Å². The van der Waals surface area contributed by atoms with Gasteiger partial charge in [-0.3, -0.25) is 0 Å². The van der Waals surface area contributed by atoms with Crippen molar-refractivity contribution < 1.29 is 21.7 Å². The molecule has 0 aliphatic carbocycles. The zero-order chi connectivity index (χ0) is 11.5. The summed E-state index contributed by atoms with van der Waals surface area (Å²) in [4.78, 5) is 0. The topological polar surface area (TPSA) is 0 Å². The fourth-order valence-electron chi connectivity index (χ4n) is 1.02. The summed E-state index contributed by atoms with van der Waals surface area (Å²) < 4.78 is 59.8. The highest BCUT2D eigenvalue weighted by atomic mass is 19.4. The van der Waals surface area contributed by atoms with Gasteiger partial charge in [-0.1, -0.05) is 24.3 Å². The number of rotatable bonds is 3. The van der Waals surface area contributed by atoms with Gasteiger partial charge < -0.3 is 12.9 Å². The van der Waals surface area contributed by atoms with E-state index in [-0.39, 0.29) is 17.1 Å². The average molecular weight is 221 g/mol. The Morgan fingerprint density at radius 1 is 1.13 bits per heavy atom. The molecule has 0 bridgehead atoms. The maximum Gasteiger partial charge on any atom is 0.502 e. The number of hydrogen-bond donors (Lipinski definition) is 0. The Hall–Kier alpha value is -1.33. The first-order valence-electron chi connectivity index (χ1n) is 4.16. The summed E-state index contributed by atoms with van der Waals surface area (Å²) in [6, 6.07) is 4.83. The van der Waals surface area contributed by atoms with E-state index in [1.807, 2.05) is 0 Å². The van der Waals surface area contributed by atoms with Crippen LogP contribution >= 0.6 is 0 Å². The van der Waals surface area contributed by atoms with Gasteiger partial charge in [0.15, 0.2) is 0 Å². The van der Waals surface area contributed by atoms with Crippen molar-refractivity contribution in [3.63, 3.8) is 0 Å². The van der Waals surface area contributed by atoms with E-state index < -0.39 is 13.4 Å². The molecule has 0 fully saturated rings. The van der Waals surface area contributed by atoms with E-state index in [2.05, 4.69) is 0 Å².